The first kappa shape index (κ1) is 12.1. The summed E-state index contributed by atoms with van der Waals surface area (Å²) in [7, 11) is 0. The summed E-state index contributed by atoms with van der Waals surface area (Å²) in [6.45, 7) is 5.85. The van der Waals surface area contributed by atoms with Crippen LogP contribution in [0, 0.1) is 32.1 Å². The number of hydrogen-bond acceptors (Lipinski definition) is 4. The van der Waals surface area contributed by atoms with Gasteiger partial charge in [-0.3, -0.25) is 0 Å². The summed E-state index contributed by atoms with van der Waals surface area (Å²) in [5.41, 5.74) is 3.69. The summed E-state index contributed by atoms with van der Waals surface area (Å²) in [5.74, 6) is 1.24. The average Bonchev–Trinajstić information content (AvgIpc) is 2.33. The van der Waals surface area contributed by atoms with Crippen LogP contribution < -0.4 is 5.32 Å². The third-order valence-corrected chi connectivity index (χ3v) is 2.69. The van der Waals surface area contributed by atoms with Crippen LogP contribution in [0.5, 0.6) is 0 Å². The Labute approximate surface area is 106 Å². The summed E-state index contributed by atoms with van der Waals surface area (Å²) in [6.07, 6.45) is 0. The lowest BCUT2D eigenvalue weighted by Gasteiger charge is -2.12. The van der Waals surface area contributed by atoms with Crippen LogP contribution in [0.1, 0.15) is 22.6 Å². The Hall–Kier alpha value is -2.41. The third-order valence-electron chi connectivity index (χ3n) is 2.69. The second-order valence-electron chi connectivity index (χ2n) is 4.19. The quantitative estimate of drug-likeness (QED) is 0.873. The van der Waals surface area contributed by atoms with Gasteiger partial charge >= 0.3 is 0 Å². The van der Waals surface area contributed by atoms with E-state index in [2.05, 4.69) is 15.3 Å². The van der Waals surface area contributed by atoms with Crippen molar-refractivity contribution in [3.63, 3.8) is 0 Å². The predicted molar refractivity (Wildman–Crippen MR) is 70.7 cm³/mol. The molecule has 0 saturated heterocycles. The number of hydrogen-bond donors (Lipinski definition) is 1. The van der Waals surface area contributed by atoms with E-state index >= 15 is 0 Å². The van der Waals surface area contributed by atoms with Gasteiger partial charge in [-0.05, 0) is 31.9 Å². The Balaban J connectivity index is 2.40. The highest BCUT2D eigenvalue weighted by Gasteiger charge is 2.05. The first-order valence-corrected chi connectivity index (χ1v) is 5.69. The maximum Gasteiger partial charge on any atom is 0.146 e. The molecule has 90 valence electrons. The van der Waals surface area contributed by atoms with Crippen LogP contribution in [0.4, 0.5) is 11.5 Å². The molecule has 1 heterocycles. The van der Waals surface area contributed by atoms with Crippen molar-refractivity contribution in [3.8, 4) is 6.07 Å². The zero-order chi connectivity index (χ0) is 13.1. The number of nitriles is 1. The van der Waals surface area contributed by atoms with Gasteiger partial charge in [-0.1, -0.05) is 18.2 Å². The summed E-state index contributed by atoms with van der Waals surface area (Å²) >= 11 is 0. The first-order valence-electron chi connectivity index (χ1n) is 5.69. The number of nitrogens with zero attached hydrogens (tertiary/aromatic N) is 3. The van der Waals surface area contributed by atoms with Crippen molar-refractivity contribution in [2.75, 3.05) is 5.32 Å². The predicted octanol–water partition coefficient (Wildman–Crippen LogP) is 3.02. The molecule has 0 atom stereocenters. The van der Waals surface area contributed by atoms with E-state index in [1.165, 1.54) is 0 Å². The van der Waals surface area contributed by atoms with Gasteiger partial charge in [0.05, 0.1) is 0 Å². The number of anilines is 2. The summed E-state index contributed by atoms with van der Waals surface area (Å²) < 4.78 is 0. The lowest BCUT2D eigenvalue weighted by atomic mass is 10.1. The fourth-order valence-corrected chi connectivity index (χ4v) is 1.83. The topological polar surface area (TPSA) is 61.6 Å². The minimum absolute atomic E-state index is 0.372. The van der Waals surface area contributed by atoms with Crippen molar-refractivity contribution in [2.45, 2.75) is 20.8 Å². The molecule has 18 heavy (non-hydrogen) atoms. The Kier molecular flexibility index (Phi) is 3.24. The molecule has 0 amide bonds. The van der Waals surface area contributed by atoms with Crippen molar-refractivity contribution in [3.05, 3.63) is 46.9 Å². The van der Waals surface area contributed by atoms with E-state index in [1.807, 2.05) is 38.1 Å². The Morgan fingerprint density at radius 1 is 1.11 bits per heavy atom. The highest BCUT2D eigenvalue weighted by atomic mass is 15.0. The molecule has 0 spiro atoms. The van der Waals surface area contributed by atoms with Crippen LogP contribution in [0.2, 0.25) is 0 Å². The van der Waals surface area contributed by atoms with E-state index in [0.29, 0.717) is 17.3 Å². The minimum atomic E-state index is 0.372. The molecule has 0 aliphatic rings. The van der Waals surface area contributed by atoms with Gasteiger partial charge in [0.15, 0.2) is 0 Å². The molecule has 0 fully saturated rings. The molecule has 2 aromatic rings. The number of nitrogens with one attached hydrogen (secondary N) is 1. The van der Waals surface area contributed by atoms with Crippen molar-refractivity contribution in [1.82, 2.24) is 9.97 Å². The Bertz CT molecular complexity index is 606. The van der Waals surface area contributed by atoms with Crippen LogP contribution in [-0.2, 0) is 0 Å². The zero-order valence-corrected chi connectivity index (χ0v) is 10.7. The van der Waals surface area contributed by atoms with Gasteiger partial charge in [-0.25, -0.2) is 9.97 Å². The van der Waals surface area contributed by atoms with Crippen LogP contribution in [0.3, 0.4) is 0 Å². The van der Waals surface area contributed by atoms with Crippen molar-refractivity contribution < 1.29 is 0 Å². The second-order valence-corrected chi connectivity index (χ2v) is 4.19. The summed E-state index contributed by atoms with van der Waals surface area (Å²) in [6, 6.07) is 9.77. The second kappa shape index (κ2) is 4.84. The third kappa shape index (κ3) is 2.46. The lowest BCUT2D eigenvalue weighted by Crippen LogP contribution is -2.01. The van der Waals surface area contributed by atoms with E-state index < -0.39 is 0 Å². The first-order chi connectivity index (χ1) is 8.60. The highest BCUT2D eigenvalue weighted by Crippen LogP contribution is 2.23. The molecule has 0 unspecified atom stereocenters. The fraction of sp³-hybridized carbons (Fsp3) is 0.214. The normalized spacial score (nSPS) is 9.89. The summed E-state index contributed by atoms with van der Waals surface area (Å²) in [4.78, 5) is 8.31. The molecular formula is C14H14N4. The standard InChI is InChI=1S/C14H14N4/c1-9-5-4-6-10(2)14(9)18-13-7-12(8-15)16-11(3)17-13/h4-7H,1-3H3,(H,16,17,18). The van der Waals surface area contributed by atoms with Gasteiger partial charge < -0.3 is 5.32 Å². The molecule has 0 aliphatic heterocycles. The molecule has 1 aromatic heterocycles. The molecule has 0 saturated carbocycles. The number of benzene rings is 1. The van der Waals surface area contributed by atoms with Crippen LogP contribution >= 0.6 is 0 Å². The molecule has 2 rings (SSSR count). The number of aryl methyl sites for hydroxylation is 3. The maximum atomic E-state index is 8.89. The van der Waals surface area contributed by atoms with Crippen LogP contribution in [-0.4, -0.2) is 9.97 Å². The summed E-state index contributed by atoms with van der Waals surface area (Å²) in [5, 5.41) is 12.1. The van der Waals surface area contributed by atoms with E-state index in [0.717, 1.165) is 16.8 Å². The minimum Gasteiger partial charge on any atom is -0.340 e. The van der Waals surface area contributed by atoms with E-state index in [-0.39, 0.29) is 0 Å². The molecule has 1 N–H and O–H groups in total. The highest BCUT2D eigenvalue weighted by molar-refractivity contribution is 5.64. The van der Waals surface area contributed by atoms with Crippen LogP contribution in [0.25, 0.3) is 0 Å². The number of aromatic nitrogens is 2. The molecule has 4 heteroatoms. The van der Waals surface area contributed by atoms with Gasteiger partial charge in [0.25, 0.3) is 0 Å². The molecule has 0 bridgehead atoms. The van der Waals surface area contributed by atoms with Gasteiger partial charge in [-0.15, -0.1) is 0 Å². The van der Waals surface area contributed by atoms with E-state index in [9.17, 15) is 0 Å². The van der Waals surface area contributed by atoms with Gasteiger partial charge in [0.2, 0.25) is 0 Å². The molecule has 0 aliphatic carbocycles. The molecule has 1 aromatic carbocycles. The average molecular weight is 238 g/mol. The van der Waals surface area contributed by atoms with E-state index in [4.69, 9.17) is 5.26 Å². The Morgan fingerprint density at radius 2 is 1.78 bits per heavy atom. The maximum absolute atomic E-state index is 8.89. The SMILES string of the molecule is Cc1nc(C#N)cc(Nc2c(C)cccc2C)n1. The van der Waals surface area contributed by atoms with E-state index in [1.54, 1.807) is 13.0 Å². The molecular weight excluding hydrogens is 224 g/mol. The van der Waals surface area contributed by atoms with Crippen molar-refractivity contribution in [1.29, 1.82) is 5.26 Å². The van der Waals surface area contributed by atoms with Gasteiger partial charge in [0.1, 0.15) is 23.4 Å². The smallest absolute Gasteiger partial charge is 0.146 e. The lowest BCUT2D eigenvalue weighted by molar-refractivity contribution is 1.04. The van der Waals surface area contributed by atoms with Gasteiger partial charge in [0, 0.05) is 11.8 Å². The molecule has 0 radical (unpaired) electrons. The van der Waals surface area contributed by atoms with Gasteiger partial charge in [-0.2, -0.15) is 5.26 Å². The zero-order valence-electron chi connectivity index (χ0n) is 10.7. The largest absolute Gasteiger partial charge is 0.340 e. The monoisotopic (exact) mass is 238 g/mol. The van der Waals surface area contributed by atoms with Crippen molar-refractivity contribution >= 4 is 11.5 Å². The number of para-hydroxylation sites is 1. The fourth-order valence-electron chi connectivity index (χ4n) is 1.83. The van der Waals surface area contributed by atoms with Crippen molar-refractivity contribution in [2.24, 2.45) is 0 Å². The molecule has 4 nitrogen and oxygen atoms in total. The number of rotatable bonds is 2. The van der Waals surface area contributed by atoms with Crippen LogP contribution in [0.15, 0.2) is 24.3 Å². The Morgan fingerprint density at radius 3 is 2.39 bits per heavy atom.